The highest BCUT2D eigenvalue weighted by atomic mass is 32.2. The Labute approximate surface area is 181 Å². The van der Waals surface area contributed by atoms with Crippen molar-refractivity contribution in [3.8, 4) is 5.75 Å². The molecule has 1 aliphatic heterocycles. The molecule has 0 aromatic carbocycles. The Morgan fingerprint density at radius 3 is 2.87 bits per heavy atom. The number of carbonyl (C=O) groups is 1. The van der Waals surface area contributed by atoms with Gasteiger partial charge in [-0.3, -0.25) is 10.1 Å². The minimum atomic E-state index is -3.14. The third kappa shape index (κ3) is 5.67. The van der Waals surface area contributed by atoms with E-state index in [2.05, 4.69) is 25.8 Å². The zero-order valence-corrected chi connectivity index (χ0v) is 18.2. The van der Waals surface area contributed by atoms with Gasteiger partial charge in [-0.15, -0.1) is 10.2 Å². The van der Waals surface area contributed by atoms with Gasteiger partial charge in [-0.1, -0.05) is 11.3 Å². The number of nitrogens with two attached hydrogens (primary N) is 1. The highest BCUT2D eigenvalue weighted by Gasteiger charge is 2.29. The van der Waals surface area contributed by atoms with Gasteiger partial charge in [0.25, 0.3) is 5.91 Å². The molecule has 1 aliphatic rings. The predicted molar refractivity (Wildman–Crippen MR) is 116 cm³/mol. The molecule has 3 rings (SSSR count). The van der Waals surface area contributed by atoms with Crippen molar-refractivity contribution in [2.24, 2.45) is 10.7 Å². The van der Waals surface area contributed by atoms with Crippen molar-refractivity contribution in [2.45, 2.75) is 19.4 Å². The molecule has 14 heteroatoms. The Kier molecular flexibility index (Phi) is 6.70. The van der Waals surface area contributed by atoms with E-state index in [4.69, 9.17) is 14.9 Å². The summed E-state index contributed by atoms with van der Waals surface area (Å²) >= 11 is 1.01. The fourth-order valence-electron chi connectivity index (χ4n) is 2.82. The van der Waals surface area contributed by atoms with Crippen LogP contribution in [0.3, 0.4) is 0 Å². The monoisotopic (exact) mass is 468 g/mol. The van der Waals surface area contributed by atoms with Gasteiger partial charge < -0.3 is 20.2 Å². The first-order valence-electron chi connectivity index (χ1n) is 8.98. The summed E-state index contributed by atoms with van der Waals surface area (Å²) < 4.78 is 33.5. The second kappa shape index (κ2) is 9.26. The number of hydrogen-bond donors (Lipinski definition) is 3. The summed E-state index contributed by atoms with van der Waals surface area (Å²) in [5, 5.41) is 13.5. The van der Waals surface area contributed by atoms with Crippen LogP contribution in [0.5, 0.6) is 5.75 Å². The third-order valence-corrected chi connectivity index (χ3v) is 6.67. The molecule has 1 fully saturated rings. The molecule has 1 atom stereocenters. The van der Waals surface area contributed by atoms with Gasteiger partial charge in [-0.2, -0.15) is 0 Å². The largest absolute Gasteiger partial charge is 0.488 e. The van der Waals surface area contributed by atoms with Gasteiger partial charge in [0.2, 0.25) is 16.0 Å². The van der Waals surface area contributed by atoms with Crippen LogP contribution in [0.4, 0.5) is 16.0 Å². The summed E-state index contributed by atoms with van der Waals surface area (Å²) in [6.07, 6.45) is 3.29. The smallest absolute Gasteiger partial charge is 0.381 e. The van der Waals surface area contributed by atoms with Crippen LogP contribution >= 0.6 is 11.3 Å². The van der Waals surface area contributed by atoms with Crippen molar-refractivity contribution in [3.63, 3.8) is 0 Å². The van der Waals surface area contributed by atoms with Crippen LogP contribution < -0.4 is 26.7 Å². The molecule has 0 unspecified atom stereocenters. The van der Waals surface area contributed by atoms with Crippen molar-refractivity contribution >= 4 is 48.7 Å². The Hall–Kier alpha value is -3.26. The normalized spacial score (nSPS) is 18.3. The molecule has 0 bridgehead atoms. The summed E-state index contributed by atoms with van der Waals surface area (Å²) in [5.41, 5.74) is 5.18. The van der Waals surface area contributed by atoms with Crippen molar-refractivity contribution in [3.05, 3.63) is 34.5 Å². The summed E-state index contributed by atoms with van der Waals surface area (Å²) in [6, 6.07) is 0.863. The molecule has 1 amide bonds. The van der Waals surface area contributed by atoms with Gasteiger partial charge in [-0.05, 0) is 25.6 Å². The van der Waals surface area contributed by atoms with Gasteiger partial charge in [0, 0.05) is 17.8 Å². The number of nitrogens with one attached hydrogen (secondary N) is 2. The average Bonchev–Trinajstić information content (AvgIpc) is 3.26. The maximum atomic E-state index is 12.6. The van der Waals surface area contributed by atoms with E-state index in [1.165, 1.54) is 19.4 Å². The van der Waals surface area contributed by atoms with Gasteiger partial charge in [0.1, 0.15) is 0 Å². The minimum Gasteiger partial charge on any atom is -0.488 e. The van der Waals surface area contributed by atoms with Crippen molar-refractivity contribution in [1.29, 1.82) is 0 Å². The lowest BCUT2D eigenvalue weighted by Crippen LogP contribution is -2.23. The molecule has 0 saturated carbocycles. The van der Waals surface area contributed by atoms with E-state index in [0.717, 1.165) is 11.3 Å². The number of anilines is 2. The summed E-state index contributed by atoms with van der Waals surface area (Å²) in [6.45, 7) is 1.72. The van der Waals surface area contributed by atoms with Gasteiger partial charge in [0.05, 0.1) is 24.3 Å². The third-order valence-electron chi connectivity index (χ3n) is 4.17. The maximum Gasteiger partial charge on any atom is 0.381 e. The number of aromatic nitrogens is 2. The first-order chi connectivity index (χ1) is 14.7. The number of sulfone groups is 1. The van der Waals surface area contributed by atoms with Crippen LogP contribution in [0.15, 0.2) is 32.5 Å². The number of carbonyl (C=O) groups excluding carboxylic acids is 1. The van der Waals surface area contributed by atoms with Gasteiger partial charge in [-0.25, -0.2) is 18.2 Å². The van der Waals surface area contributed by atoms with E-state index in [1.807, 2.05) is 0 Å². The fraction of sp³-hybridized carbons (Fsp3) is 0.353. The number of ether oxygens (including phenoxy) is 1. The Morgan fingerprint density at radius 1 is 1.45 bits per heavy atom. The van der Waals surface area contributed by atoms with E-state index in [0.29, 0.717) is 17.3 Å². The molecule has 0 radical (unpaired) electrons. The van der Waals surface area contributed by atoms with E-state index >= 15 is 0 Å². The maximum absolute atomic E-state index is 12.6. The topological polar surface area (TPSA) is 179 Å². The van der Waals surface area contributed by atoms with E-state index in [9.17, 15) is 18.0 Å². The zero-order chi connectivity index (χ0) is 22.6. The molecule has 12 nitrogen and oxygen atoms in total. The van der Waals surface area contributed by atoms with Crippen LogP contribution in [0.1, 0.15) is 23.9 Å². The number of amides is 1. The van der Waals surface area contributed by atoms with Crippen LogP contribution in [0.2, 0.25) is 0 Å². The van der Waals surface area contributed by atoms with E-state index in [1.54, 1.807) is 13.0 Å². The quantitative estimate of drug-likeness (QED) is 0.495. The number of allylic oxidation sites excluding steroid dienone is 1. The molecular weight excluding hydrogens is 448 g/mol. The molecular formula is C17H20N6O6S2. The van der Waals surface area contributed by atoms with E-state index < -0.39 is 27.4 Å². The fourth-order valence-corrected chi connectivity index (χ4v) is 5.16. The van der Waals surface area contributed by atoms with Crippen LogP contribution in [0, 0.1) is 0 Å². The number of aliphatic imine (C=N–C) groups is 1. The minimum absolute atomic E-state index is 0.0458. The molecule has 1 saturated heterocycles. The first-order valence-corrected chi connectivity index (χ1v) is 11.6. The van der Waals surface area contributed by atoms with Crippen LogP contribution in [-0.4, -0.2) is 54.9 Å². The number of rotatable bonds is 7. The summed E-state index contributed by atoms with van der Waals surface area (Å²) in [4.78, 5) is 29.0. The van der Waals surface area contributed by atoms with Gasteiger partial charge >= 0.3 is 5.63 Å². The lowest BCUT2D eigenvalue weighted by atomic mass is 10.2. The molecule has 4 N–H and O–H groups in total. The predicted octanol–water partition coefficient (Wildman–Crippen LogP) is 0.916. The standard InChI is InChI=1S/C17H20N6O6S2/c1-9(3-5-18)19-16-22-23-17(30-16)21-14(24)12-7-11(13(28-2)15(25)29-12)20-10-4-6-31(26,27)8-10/h3,5,7,10,20H,4,6,8,18H2,1-2H3,(H,21,23,24)/t10-/m1/s1. The summed E-state index contributed by atoms with van der Waals surface area (Å²) in [5.74, 6) is -1.24. The average molecular weight is 469 g/mol. The molecule has 166 valence electrons. The first kappa shape index (κ1) is 22.4. The van der Waals surface area contributed by atoms with Crippen molar-refractivity contribution in [2.75, 3.05) is 29.2 Å². The summed E-state index contributed by atoms with van der Waals surface area (Å²) in [7, 11) is -1.87. The van der Waals surface area contributed by atoms with Crippen LogP contribution in [0.25, 0.3) is 0 Å². The van der Waals surface area contributed by atoms with Gasteiger partial charge in [0.15, 0.2) is 15.6 Å². The zero-order valence-electron chi connectivity index (χ0n) is 16.6. The lowest BCUT2D eigenvalue weighted by Gasteiger charge is -2.15. The molecule has 2 aromatic rings. The molecule has 3 heterocycles. The van der Waals surface area contributed by atoms with E-state index in [-0.39, 0.29) is 33.8 Å². The molecule has 2 aromatic heterocycles. The molecule has 31 heavy (non-hydrogen) atoms. The second-order valence-corrected chi connectivity index (χ2v) is 9.73. The number of hydrogen-bond acceptors (Lipinski definition) is 12. The number of nitrogens with zero attached hydrogens (tertiary/aromatic N) is 3. The Bertz CT molecular complexity index is 1200. The molecule has 0 aliphatic carbocycles. The van der Waals surface area contributed by atoms with Crippen molar-refractivity contribution < 1.29 is 22.4 Å². The second-order valence-electron chi connectivity index (χ2n) is 6.55. The Balaban J connectivity index is 1.80. The lowest BCUT2D eigenvalue weighted by molar-refractivity contribution is 0.0991. The highest BCUT2D eigenvalue weighted by molar-refractivity contribution is 7.91. The van der Waals surface area contributed by atoms with Crippen molar-refractivity contribution in [1.82, 2.24) is 10.2 Å². The molecule has 0 spiro atoms. The Morgan fingerprint density at radius 2 is 2.23 bits per heavy atom. The number of methoxy groups -OCH3 is 1. The van der Waals surface area contributed by atoms with Crippen LogP contribution in [-0.2, 0) is 9.84 Å². The highest BCUT2D eigenvalue weighted by Crippen LogP contribution is 2.27. The SMILES string of the molecule is COc1c(N[C@@H]2CCS(=O)(=O)C2)cc(C(=O)Nc2nnc(N=C(C)C=CN)s2)oc1=O.